The number of benzene rings is 2. The average Bonchev–Trinajstić information content (AvgIpc) is 2.69. The van der Waals surface area contributed by atoms with Crippen LogP contribution in [0.25, 0.3) is 0 Å². The Morgan fingerprint density at radius 2 is 1.86 bits per heavy atom. The van der Waals surface area contributed by atoms with Crippen molar-refractivity contribution < 1.29 is 28.7 Å². The van der Waals surface area contributed by atoms with E-state index in [0.717, 1.165) is 11.6 Å². The standard InChI is InChI=1S/C19H20N2O7/c1-13(22)27-11-15-8-17(26-2)18(9-16(15)21(24)25)28-12-19(23)20-10-14-6-4-3-5-7-14/h3-9H,10-12H2,1-2H3,(H,20,23). The van der Waals surface area contributed by atoms with E-state index in [4.69, 9.17) is 14.2 Å². The highest BCUT2D eigenvalue weighted by Crippen LogP contribution is 2.35. The molecule has 2 aromatic rings. The number of esters is 1. The molecule has 0 aliphatic carbocycles. The Hall–Kier alpha value is -3.62. The first kappa shape index (κ1) is 20.7. The van der Waals surface area contributed by atoms with Gasteiger partial charge in [-0.15, -0.1) is 0 Å². The van der Waals surface area contributed by atoms with Crippen molar-refractivity contribution >= 4 is 17.6 Å². The molecule has 0 saturated heterocycles. The summed E-state index contributed by atoms with van der Waals surface area (Å²) >= 11 is 0. The lowest BCUT2D eigenvalue weighted by Crippen LogP contribution is -2.28. The maximum Gasteiger partial charge on any atom is 0.302 e. The molecule has 2 rings (SSSR count). The van der Waals surface area contributed by atoms with E-state index in [0.29, 0.717) is 6.54 Å². The molecular weight excluding hydrogens is 368 g/mol. The van der Waals surface area contributed by atoms with Crippen LogP contribution in [0.2, 0.25) is 0 Å². The number of rotatable bonds is 9. The predicted octanol–water partition coefficient (Wildman–Crippen LogP) is 2.36. The summed E-state index contributed by atoms with van der Waals surface area (Å²) in [5.41, 5.74) is 0.776. The van der Waals surface area contributed by atoms with Gasteiger partial charge < -0.3 is 19.5 Å². The highest BCUT2D eigenvalue weighted by Gasteiger charge is 2.21. The van der Waals surface area contributed by atoms with Crippen molar-refractivity contribution in [2.24, 2.45) is 0 Å². The van der Waals surface area contributed by atoms with Gasteiger partial charge in [-0.05, 0) is 11.6 Å². The van der Waals surface area contributed by atoms with Crippen LogP contribution >= 0.6 is 0 Å². The number of carbonyl (C=O) groups is 2. The lowest BCUT2D eigenvalue weighted by molar-refractivity contribution is -0.385. The molecule has 1 N–H and O–H groups in total. The molecule has 0 aliphatic rings. The first-order valence-corrected chi connectivity index (χ1v) is 8.32. The van der Waals surface area contributed by atoms with E-state index in [9.17, 15) is 19.7 Å². The zero-order valence-electron chi connectivity index (χ0n) is 15.5. The van der Waals surface area contributed by atoms with Crippen molar-refractivity contribution in [2.45, 2.75) is 20.1 Å². The molecule has 0 atom stereocenters. The summed E-state index contributed by atoms with van der Waals surface area (Å²) in [5, 5.41) is 14.0. The second-order valence-electron chi connectivity index (χ2n) is 5.72. The summed E-state index contributed by atoms with van der Waals surface area (Å²) in [6, 6.07) is 11.8. The summed E-state index contributed by atoms with van der Waals surface area (Å²) in [6.45, 7) is 0.916. The molecule has 9 nitrogen and oxygen atoms in total. The molecule has 0 fully saturated rings. The zero-order chi connectivity index (χ0) is 20.5. The number of amides is 1. The van der Waals surface area contributed by atoms with E-state index >= 15 is 0 Å². The van der Waals surface area contributed by atoms with Gasteiger partial charge in [-0.25, -0.2) is 0 Å². The van der Waals surface area contributed by atoms with Crippen molar-refractivity contribution in [1.29, 1.82) is 0 Å². The van der Waals surface area contributed by atoms with Crippen molar-refractivity contribution in [3.05, 3.63) is 63.7 Å². The molecule has 0 saturated carbocycles. The lowest BCUT2D eigenvalue weighted by Gasteiger charge is -2.13. The third-order valence-corrected chi connectivity index (χ3v) is 3.68. The van der Waals surface area contributed by atoms with Gasteiger partial charge in [0.2, 0.25) is 0 Å². The van der Waals surface area contributed by atoms with E-state index in [1.165, 1.54) is 20.1 Å². The molecule has 0 aromatic heterocycles. The molecule has 9 heteroatoms. The minimum Gasteiger partial charge on any atom is -0.493 e. The van der Waals surface area contributed by atoms with Crippen LogP contribution in [-0.4, -0.2) is 30.5 Å². The van der Waals surface area contributed by atoms with Crippen LogP contribution in [0, 0.1) is 10.1 Å². The number of ether oxygens (including phenoxy) is 3. The largest absolute Gasteiger partial charge is 0.493 e. The molecule has 0 aliphatic heterocycles. The molecule has 28 heavy (non-hydrogen) atoms. The third kappa shape index (κ3) is 5.97. The molecular formula is C19H20N2O7. The Morgan fingerprint density at radius 1 is 1.14 bits per heavy atom. The first-order chi connectivity index (χ1) is 13.4. The molecule has 0 unspecified atom stereocenters. The van der Waals surface area contributed by atoms with E-state index in [1.807, 2.05) is 30.3 Å². The summed E-state index contributed by atoms with van der Waals surface area (Å²) < 4.78 is 15.4. The molecule has 0 bridgehead atoms. The normalized spacial score (nSPS) is 10.1. The van der Waals surface area contributed by atoms with Gasteiger partial charge in [-0.2, -0.15) is 0 Å². The smallest absolute Gasteiger partial charge is 0.302 e. The molecule has 2 aromatic carbocycles. The topological polar surface area (TPSA) is 117 Å². The Bertz CT molecular complexity index is 853. The molecule has 0 spiro atoms. The Morgan fingerprint density at radius 3 is 2.46 bits per heavy atom. The highest BCUT2D eigenvalue weighted by molar-refractivity contribution is 5.77. The maximum absolute atomic E-state index is 12.0. The van der Waals surface area contributed by atoms with Crippen molar-refractivity contribution in [1.82, 2.24) is 5.32 Å². The maximum atomic E-state index is 12.0. The zero-order valence-corrected chi connectivity index (χ0v) is 15.5. The third-order valence-electron chi connectivity index (χ3n) is 3.68. The summed E-state index contributed by atoms with van der Waals surface area (Å²) in [6.07, 6.45) is 0. The Labute approximate surface area is 161 Å². The van der Waals surface area contributed by atoms with E-state index < -0.39 is 16.8 Å². The average molecular weight is 388 g/mol. The number of nitro benzene ring substituents is 1. The summed E-state index contributed by atoms with van der Waals surface area (Å²) in [5.74, 6) is -0.736. The van der Waals surface area contributed by atoms with Crippen molar-refractivity contribution in [2.75, 3.05) is 13.7 Å². The number of hydrogen-bond acceptors (Lipinski definition) is 7. The fourth-order valence-electron chi connectivity index (χ4n) is 2.32. The van der Waals surface area contributed by atoms with Gasteiger partial charge in [-0.3, -0.25) is 19.7 Å². The summed E-state index contributed by atoms with van der Waals surface area (Å²) in [7, 11) is 1.36. The molecule has 1 amide bonds. The van der Waals surface area contributed by atoms with Gasteiger partial charge in [0.1, 0.15) is 6.61 Å². The van der Waals surface area contributed by atoms with Crippen LogP contribution in [0.15, 0.2) is 42.5 Å². The Kier molecular flexibility index (Phi) is 7.32. The quantitative estimate of drug-likeness (QED) is 0.398. The first-order valence-electron chi connectivity index (χ1n) is 8.32. The fraction of sp³-hybridized carbons (Fsp3) is 0.263. The van der Waals surface area contributed by atoms with Crippen LogP contribution in [0.3, 0.4) is 0 Å². The van der Waals surface area contributed by atoms with Gasteiger partial charge in [0.25, 0.3) is 11.6 Å². The van der Waals surface area contributed by atoms with Crippen LogP contribution in [0.5, 0.6) is 11.5 Å². The van der Waals surface area contributed by atoms with E-state index in [1.54, 1.807) is 0 Å². The van der Waals surface area contributed by atoms with Gasteiger partial charge in [0, 0.05) is 13.5 Å². The Balaban J connectivity index is 2.06. The van der Waals surface area contributed by atoms with E-state index in [2.05, 4.69) is 5.32 Å². The van der Waals surface area contributed by atoms with Crippen LogP contribution < -0.4 is 14.8 Å². The highest BCUT2D eigenvalue weighted by atomic mass is 16.6. The lowest BCUT2D eigenvalue weighted by atomic mass is 10.1. The monoisotopic (exact) mass is 388 g/mol. The van der Waals surface area contributed by atoms with Gasteiger partial charge in [0.15, 0.2) is 18.1 Å². The van der Waals surface area contributed by atoms with Gasteiger partial charge in [-0.1, -0.05) is 30.3 Å². The van der Waals surface area contributed by atoms with Gasteiger partial charge in [0.05, 0.1) is 23.7 Å². The van der Waals surface area contributed by atoms with Gasteiger partial charge >= 0.3 is 5.97 Å². The number of methoxy groups -OCH3 is 1. The van der Waals surface area contributed by atoms with E-state index in [-0.39, 0.29) is 36.0 Å². The minimum atomic E-state index is -0.624. The van der Waals surface area contributed by atoms with Crippen molar-refractivity contribution in [3.63, 3.8) is 0 Å². The number of nitrogens with zero attached hydrogens (tertiary/aromatic N) is 1. The predicted molar refractivity (Wildman–Crippen MR) is 98.9 cm³/mol. The minimum absolute atomic E-state index is 0.0376. The second kappa shape index (κ2) is 9.91. The second-order valence-corrected chi connectivity index (χ2v) is 5.72. The van der Waals surface area contributed by atoms with Crippen LogP contribution in [-0.2, 0) is 27.5 Å². The molecule has 0 radical (unpaired) electrons. The SMILES string of the molecule is COc1cc(COC(C)=O)c([N+](=O)[O-])cc1OCC(=O)NCc1ccccc1. The fourth-order valence-corrected chi connectivity index (χ4v) is 2.32. The van der Waals surface area contributed by atoms with Crippen LogP contribution in [0.1, 0.15) is 18.1 Å². The molecule has 148 valence electrons. The number of carbonyl (C=O) groups excluding carboxylic acids is 2. The van der Waals surface area contributed by atoms with Crippen molar-refractivity contribution in [3.8, 4) is 11.5 Å². The number of nitrogens with one attached hydrogen (secondary N) is 1. The molecule has 0 heterocycles. The number of nitro groups is 1. The number of hydrogen-bond donors (Lipinski definition) is 1. The van der Waals surface area contributed by atoms with Crippen LogP contribution in [0.4, 0.5) is 5.69 Å². The summed E-state index contributed by atoms with van der Waals surface area (Å²) in [4.78, 5) is 33.6.